The van der Waals surface area contributed by atoms with Gasteiger partial charge >= 0.3 is 6.03 Å². The highest BCUT2D eigenvalue weighted by Crippen LogP contribution is 2.21. The number of rotatable bonds is 3. The lowest BCUT2D eigenvalue weighted by Gasteiger charge is -2.06. The number of urea groups is 1. The molecular weight excluding hydrogens is 356 g/mol. The SMILES string of the molecule is Cc1ccccc1NC(=O)NN=Cc1c[nH]c2ccc(Br)cc12. The topological polar surface area (TPSA) is 69.3 Å². The molecule has 0 spiro atoms. The Balaban J connectivity index is 1.67. The van der Waals surface area contributed by atoms with Crippen molar-refractivity contribution in [1.29, 1.82) is 0 Å². The molecule has 0 unspecified atom stereocenters. The second kappa shape index (κ2) is 6.66. The smallest absolute Gasteiger partial charge is 0.339 e. The molecule has 2 aromatic carbocycles. The lowest BCUT2D eigenvalue weighted by molar-refractivity contribution is 0.252. The first-order valence-corrected chi connectivity index (χ1v) is 7.85. The molecule has 0 atom stereocenters. The number of hydrogen-bond acceptors (Lipinski definition) is 2. The van der Waals surface area contributed by atoms with Gasteiger partial charge in [-0.15, -0.1) is 0 Å². The summed E-state index contributed by atoms with van der Waals surface area (Å²) in [5.74, 6) is 0. The lowest BCUT2D eigenvalue weighted by Crippen LogP contribution is -2.24. The van der Waals surface area contributed by atoms with Crippen LogP contribution in [-0.4, -0.2) is 17.2 Å². The van der Waals surface area contributed by atoms with E-state index in [0.29, 0.717) is 0 Å². The number of nitrogens with one attached hydrogen (secondary N) is 3. The molecule has 116 valence electrons. The Kier molecular flexibility index (Phi) is 4.43. The average Bonchev–Trinajstić information content (AvgIpc) is 2.92. The number of amides is 2. The van der Waals surface area contributed by atoms with E-state index in [2.05, 4.69) is 36.8 Å². The fraction of sp³-hybridized carbons (Fsp3) is 0.0588. The predicted molar refractivity (Wildman–Crippen MR) is 96.9 cm³/mol. The van der Waals surface area contributed by atoms with Crippen LogP contribution in [0.15, 0.2) is 58.2 Å². The number of nitrogens with zero attached hydrogens (tertiary/aromatic N) is 1. The number of para-hydroxylation sites is 1. The summed E-state index contributed by atoms with van der Waals surface area (Å²) >= 11 is 3.45. The average molecular weight is 371 g/mol. The van der Waals surface area contributed by atoms with E-state index in [-0.39, 0.29) is 6.03 Å². The molecule has 0 fully saturated rings. The van der Waals surface area contributed by atoms with Crippen molar-refractivity contribution in [3.63, 3.8) is 0 Å². The van der Waals surface area contributed by atoms with E-state index in [9.17, 15) is 4.79 Å². The zero-order chi connectivity index (χ0) is 16.2. The Morgan fingerprint density at radius 2 is 2.09 bits per heavy atom. The maximum absolute atomic E-state index is 11.9. The van der Waals surface area contributed by atoms with Crippen LogP contribution in [0.1, 0.15) is 11.1 Å². The van der Waals surface area contributed by atoms with E-state index in [4.69, 9.17) is 0 Å². The van der Waals surface area contributed by atoms with Gasteiger partial charge in [-0.1, -0.05) is 34.1 Å². The van der Waals surface area contributed by atoms with Crippen molar-refractivity contribution in [2.45, 2.75) is 6.92 Å². The van der Waals surface area contributed by atoms with Gasteiger partial charge in [0.2, 0.25) is 0 Å². The number of fused-ring (bicyclic) bond motifs is 1. The largest absolute Gasteiger partial charge is 0.361 e. The first kappa shape index (κ1) is 15.3. The number of carbonyl (C=O) groups excluding carboxylic acids is 1. The molecule has 23 heavy (non-hydrogen) atoms. The summed E-state index contributed by atoms with van der Waals surface area (Å²) < 4.78 is 0.990. The van der Waals surface area contributed by atoms with Gasteiger partial charge in [-0.05, 0) is 36.8 Å². The number of aromatic nitrogens is 1. The molecule has 0 aliphatic rings. The third-order valence-corrected chi connectivity index (χ3v) is 3.93. The Morgan fingerprint density at radius 3 is 2.91 bits per heavy atom. The normalized spacial score (nSPS) is 11.0. The van der Waals surface area contributed by atoms with Gasteiger partial charge in [0.25, 0.3) is 0 Å². The molecule has 5 nitrogen and oxygen atoms in total. The van der Waals surface area contributed by atoms with Crippen LogP contribution in [0.2, 0.25) is 0 Å². The molecule has 0 radical (unpaired) electrons. The molecule has 0 aliphatic carbocycles. The molecule has 3 aromatic rings. The fourth-order valence-corrected chi connectivity index (χ4v) is 2.61. The van der Waals surface area contributed by atoms with Gasteiger partial charge in [0.15, 0.2) is 0 Å². The third-order valence-electron chi connectivity index (χ3n) is 3.44. The highest BCUT2D eigenvalue weighted by atomic mass is 79.9. The number of carbonyl (C=O) groups is 1. The fourth-order valence-electron chi connectivity index (χ4n) is 2.25. The van der Waals surface area contributed by atoms with Gasteiger partial charge in [0, 0.05) is 32.8 Å². The number of benzene rings is 2. The molecule has 0 saturated heterocycles. The summed E-state index contributed by atoms with van der Waals surface area (Å²) in [6.07, 6.45) is 3.46. The van der Waals surface area contributed by atoms with Crippen molar-refractivity contribution < 1.29 is 4.79 Å². The number of hydrazone groups is 1. The summed E-state index contributed by atoms with van der Waals surface area (Å²) in [4.78, 5) is 15.0. The minimum absolute atomic E-state index is 0.378. The van der Waals surface area contributed by atoms with Crippen LogP contribution in [0.4, 0.5) is 10.5 Å². The molecule has 3 rings (SSSR count). The second-order valence-corrected chi connectivity index (χ2v) is 5.99. The maximum Gasteiger partial charge on any atom is 0.339 e. The molecular formula is C17H15BrN4O. The minimum atomic E-state index is -0.378. The predicted octanol–water partition coefficient (Wildman–Crippen LogP) is 4.39. The minimum Gasteiger partial charge on any atom is -0.361 e. The number of aryl methyl sites for hydroxylation is 1. The summed E-state index contributed by atoms with van der Waals surface area (Å²) in [6.45, 7) is 1.93. The standard InChI is InChI=1S/C17H15BrN4O/c1-11-4-2-3-5-15(11)21-17(23)22-20-10-12-9-19-16-7-6-13(18)8-14(12)16/h2-10,19H,1H3,(H2,21,22,23). The number of anilines is 1. The quantitative estimate of drug-likeness (QED) is 0.464. The maximum atomic E-state index is 11.9. The third kappa shape index (κ3) is 3.60. The zero-order valence-corrected chi connectivity index (χ0v) is 14.0. The van der Waals surface area contributed by atoms with Crippen LogP contribution in [0, 0.1) is 6.92 Å². The highest BCUT2D eigenvalue weighted by Gasteiger charge is 2.04. The van der Waals surface area contributed by atoms with E-state index in [1.807, 2.05) is 55.6 Å². The molecule has 1 aromatic heterocycles. The summed E-state index contributed by atoms with van der Waals surface area (Å²) in [7, 11) is 0. The summed E-state index contributed by atoms with van der Waals surface area (Å²) in [5.41, 5.74) is 6.14. The van der Waals surface area contributed by atoms with Gasteiger partial charge in [-0.25, -0.2) is 10.2 Å². The van der Waals surface area contributed by atoms with Crippen LogP contribution in [0.5, 0.6) is 0 Å². The van der Waals surface area contributed by atoms with Crippen molar-refractivity contribution in [2.75, 3.05) is 5.32 Å². The number of H-pyrrole nitrogens is 1. The van der Waals surface area contributed by atoms with Gasteiger partial charge in [-0.2, -0.15) is 5.10 Å². The molecule has 0 saturated carbocycles. The molecule has 0 aliphatic heterocycles. The van der Waals surface area contributed by atoms with Crippen LogP contribution < -0.4 is 10.7 Å². The van der Waals surface area contributed by atoms with Gasteiger partial charge in [0.05, 0.1) is 6.21 Å². The van der Waals surface area contributed by atoms with E-state index >= 15 is 0 Å². The Morgan fingerprint density at radius 1 is 1.26 bits per heavy atom. The van der Waals surface area contributed by atoms with E-state index in [1.54, 1.807) is 6.21 Å². The van der Waals surface area contributed by atoms with Crippen LogP contribution in [0.3, 0.4) is 0 Å². The van der Waals surface area contributed by atoms with Crippen molar-refractivity contribution in [3.8, 4) is 0 Å². The van der Waals surface area contributed by atoms with Crippen molar-refractivity contribution >= 4 is 44.8 Å². The van der Waals surface area contributed by atoms with Crippen LogP contribution in [0.25, 0.3) is 10.9 Å². The Hall–Kier alpha value is -2.60. The highest BCUT2D eigenvalue weighted by molar-refractivity contribution is 9.10. The van der Waals surface area contributed by atoms with Crippen molar-refractivity contribution in [1.82, 2.24) is 10.4 Å². The lowest BCUT2D eigenvalue weighted by atomic mass is 10.2. The van der Waals surface area contributed by atoms with Crippen LogP contribution >= 0.6 is 15.9 Å². The zero-order valence-electron chi connectivity index (χ0n) is 12.4. The number of halogens is 1. The van der Waals surface area contributed by atoms with Crippen molar-refractivity contribution in [2.24, 2.45) is 5.10 Å². The number of hydrogen-bond donors (Lipinski definition) is 3. The first-order valence-electron chi connectivity index (χ1n) is 7.06. The van der Waals surface area contributed by atoms with Crippen LogP contribution in [-0.2, 0) is 0 Å². The molecule has 6 heteroatoms. The van der Waals surface area contributed by atoms with E-state index in [1.165, 1.54) is 0 Å². The van der Waals surface area contributed by atoms with E-state index < -0.39 is 0 Å². The second-order valence-electron chi connectivity index (χ2n) is 5.07. The molecule has 2 amide bonds. The monoisotopic (exact) mass is 370 g/mol. The first-order chi connectivity index (χ1) is 11.1. The Labute approximate surface area is 141 Å². The molecule has 0 bridgehead atoms. The van der Waals surface area contributed by atoms with Crippen molar-refractivity contribution in [3.05, 3.63) is 64.3 Å². The van der Waals surface area contributed by atoms with Gasteiger partial charge in [0.1, 0.15) is 0 Å². The number of aromatic amines is 1. The van der Waals surface area contributed by atoms with Gasteiger partial charge in [-0.3, -0.25) is 0 Å². The van der Waals surface area contributed by atoms with Gasteiger partial charge < -0.3 is 10.3 Å². The summed E-state index contributed by atoms with van der Waals surface area (Å²) in [5, 5.41) is 7.79. The molecule has 1 heterocycles. The molecule has 3 N–H and O–H groups in total. The summed E-state index contributed by atoms with van der Waals surface area (Å²) in [6, 6.07) is 13.1. The van der Waals surface area contributed by atoms with E-state index in [0.717, 1.165) is 32.2 Å². The Bertz CT molecular complexity index is 885.